The van der Waals surface area contributed by atoms with Crippen molar-refractivity contribution in [2.45, 2.75) is 13.0 Å². The number of carbonyl (C=O) groups is 1. The number of aryl methyl sites for hydroxylation is 1. The fourth-order valence-corrected chi connectivity index (χ4v) is 4.51. The molecule has 152 valence electrons. The topological polar surface area (TPSA) is 54.5 Å². The number of aromatic nitrogens is 1. The average Bonchev–Trinajstić information content (AvgIpc) is 3.23. The normalized spacial score (nSPS) is 16.2. The summed E-state index contributed by atoms with van der Waals surface area (Å²) in [7, 11) is 1.66. The Morgan fingerprint density at radius 2 is 1.97 bits per heavy atom. The van der Waals surface area contributed by atoms with Crippen LogP contribution in [0, 0.1) is 6.92 Å². The molecule has 2 heterocycles. The van der Waals surface area contributed by atoms with E-state index in [9.17, 15) is 4.79 Å². The van der Waals surface area contributed by atoms with Gasteiger partial charge in [-0.2, -0.15) is 0 Å². The molecule has 29 heavy (non-hydrogen) atoms. The Bertz CT molecular complexity index is 991. The summed E-state index contributed by atoms with van der Waals surface area (Å²) in [5, 5.41) is 6.14. The maximum absolute atomic E-state index is 13.3. The highest BCUT2D eigenvalue weighted by atomic mass is 35.5. The first-order valence-electron chi connectivity index (χ1n) is 9.35. The van der Waals surface area contributed by atoms with Crippen LogP contribution in [-0.2, 0) is 0 Å². The molecule has 1 fully saturated rings. The SMILES string of the molecule is COc1ccccc1C1CNCCN1C(=O)c1csc(-c2ccccc2C)n1.Cl. The number of rotatable bonds is 4. The van der Waals surface area contributed by atoms with E-state index in [4.69, 9.17) is 4.74 Å². The zero-order valence-corrected chi connectivity index (χ0v) is 18.1. The van der Waals surface area contributed by atoms with Crippen molar-refractivity contribution in [3.05, 3.63) is 70.7 Å². The number of para-hydroxylation sites is 1. The van der Waals surface area contributed by atoms with E-state index in [0.717, 1.165) is 34.0 Å². The number of benzene rings is 2. The zero-order valence-electron chi connectivity index (χ0n) is 16.4. The number of nitrogens with one attached hydrogen (secondary N) is 1. The molecule has 0 spiro atoms. The van der Waals surface area contributed by atoms with Crippen LogP contribution in [0.4, 0.5) is 0 Å². The molecular formula is C22H24ClN3O2S. The van der Waals surface area contributed by atoms with Gasteiger partial charge >= 0.3 is 0 Å². The maximum Gasteiger partial charge on any atom is 0.273 e. The molecule has 1 N–H and O–H groups in total. The summed E-state index contributed by atoms with van der Waals surface area (Å²) in [6, 6.07) is 15.9. The first-order chi connectivity index (χ1) is 13.7. The van der Waals surface area contributed by atoms with Crippen molar-refractivity contribution < 1.29 is 9.53 Å². The van der Waals surface area contributed by atoms with Crippen molar-refractivity contribution in [3.8, 4) is 16.3 Å². The number of hydrogen-bond acceptors (Lipinski definition) is 5. The molecule has 3 aromatic rings. The van der Waals surface area contributed by atoms with Gasteiger partial charge < -0.3 is 15.0 Å². The number of methoxy groups -OCH3 is 1. The minimum absolute atomic E-state index is 0. The minimum atomic E-state index is -0.0824. The Morgan fingerprint density at radius 3 is 2.76 bits per heavy atom. The summed E-state index contributed by atoms with van der Waals surface area (Å²) >= 11 is 1.51. The maximum atomic E-state index is 13.3. The van der Waals surface area contributed by atoms with E-state index in [2.05, 4.69) is 23.3 Å². The molecule has 1 saturated heterocycles. The smallest absolute Gasteiger partial charge is 0.273 e. The van der Waals surface area contributed by atoms with E-state index in [1.165, 1.54) is 11.3 Å². The van der Waals surface area contributed by atoms with Crippen LogP contribution in [-0.4, -0.2) is 42.5 Å². The number of piperazine rings is 1. The standard InChI is InChI=1S/C22H23N3O2S.ClH/c1-15-7-3-4-8-16(15)21-24-18(14-28-21)22(26)25-12-11-23-13-19(25)17-9-5-6-10-20(17)27-2;/h3-10,14,19,23H,11-13H2,1-2H3;1H. The van der Waals surface area contributed by atoms with Gasteiger partial charge in [0.2, 0.25) is 0 Å². The number of halogens is 1. The summed E-state index contributed by atoms with van der Waals surface area (Å²) in [5.74, 6) is 0.765. The Labute approximate surface area is 181 Å². The van der Waals surface area contributed by atoms with Gasteiger partial charge in [-0.3, -0.25) is 4.79 Å². The van der Waals surface area contributed by atoms with Gasteiger partial charge in [0, 0.05) is 36.1 Å². The molecule has 7 heteroatoms. The van der Waals surface area contributed by atoms with Crippen LogP contribution in [0.5, 0.6) is 5.75 Å². The predicted octanol–water partition coefficient (Wildman–Crippen LogP) is 4.34. The van der Waals surface area contributed by atoms with E-state index in [1.807, 2.05) is 52.7 Å². The number of hydrogen-bond donors (Lipinski definition) is 1. The summed E-state index contributed by atoms with van der Waals surface area (Å²) in [6.07, 6.45) is 0. The number of nitrogens with zero attached hydrogens (tertiary/aromatic N) is 2. The van der Waals surface area contributed by atoms with Crippen LogP contribution in [0.25, 0.3) is 10.6 Å². The number of amides is 1. The predicted molar refractivity (Wildman–Crippen MR) is 119 cm³/mol. The zero-order chi connectivity index (χ0) is 19.5. The lowest BCUT2D eigenvalue weighted by molar-refractivity contribution is 0.0626. The summed E-state index contributed by atoms with van der Waals surface area (Å²) < 4.78 is 5.53. The summed E-state index contributed by atoms with van der Waals surface area (Å²) in [4.78, 5) is 19.9. The average molecular weight is 430 g/mol. The minimum Gasteiger partial charge on any atom is -0.496 e. The van der Waals surface area contributed by atoms with Gasteiger partial charge in [-0.15, -0.1) is 23.7 Å². The summed E-state index contributed by atoms with van der Waals surface area (Å²) in [5.41, 5.74) is 3.75. The lowest BCUT2D eigenvalue weighted by Gasteiger charge is -2.36. The van der Waals surface area contributed by atoms with E-state index in [-0.39, 0.29) is 24.4 Å². The monoisotopic (exact) mass is 429 g/mol. The van der Waals surface area contributed by atoms with Crippen molar-refractivity contribution in [1.29, 1.82) is 0 Å². The Balaban J connectivity index is 0.00000240. The molecule has 2 aromatic carbocycles. The van der Waals surface area contributed by atoms with Crippen molar-refractivity contribution in [3.63, 3.8) is 0 Å². The summed E-state index contributed by atoms with van der Waals surface area (Å²) in [6.45, 7) is 4.16. The molecule has 5 nitrogen and oxygen atoms in total. The third kappa shape index (κ3) is 4.29. The fourth-order valence-electron chi connectivity index (χ4n) is 3.62. The second kappa shape index (κ2) is 9.39. The Hall–Kier alpha value is -2.41. The molecule has 0 bridgehead atoms. The fraction of sp³-hybridized carbons (Fsp3) is 0.273. The number of thiazole rings is 1. The van der Waals surface area contributed by atoms with Crippen molar-refractivity contribution >= 4 is 29.7 Å². The van der Waals surface area contributed by atoms with Crippen molar-refractivity contribution in [2.24, 2.45) is 0 Å². The molecular weight excluding hydrogens is 406 g/mol. The number of ether oxygens (including phenoxy) is 1. The van der Waals surface area contributed by atoms with Crippen LogP contribution in [0.1, 0.15) is 27.7 Å². The van der Waals surface area contributed by atoms with Gasteiger partial charge in [0.15, 0.2) is 0 Å². The molecule has 1 amide bonds. The van der Waals surface area contributed by atoms with Gasteiger partial charge in [-0.1, -0.05) is 42.5 Å². The molecule has 1 aliphatic rings. The van der Waals surface area contributed by atoms with E-state index >= 15 is 0 Å². The Morgan fingerprint density at radius 1 is 1.21 bits per heavy atom. The molecule has 1 aromatic heterocycles. The highest BCUT2D eigenvalue weighted by Crippen LogP contribution is 2.32. The third-order valence-electron chi connectivity index (χ3n) is 5.10. The number of carbonyl (C=O) groups excluding carboxylic acids is 1. The molecule has 1 atom stereocenters. The lowest BCUT2D eigenvalue weighted by Crippen LogP contribution is -2.48. The molecule has 1 unspecified atom stereocenters. The van der Waals surface area contributed by atoms with Gasteiger partial charge in [-0.25, -0.2) is 4.98 Å². The lowest BCUT2D eigenvalue weighted by atomic mass is 10.0. The Kier molecular flexibility index (Phi) is 6.90. The second-order valence-corrected chi connectivity index (χ2v) is 7.67. The van der Waals surface area contributed by atoms with E-state index < -0.39 is 0 Å². The van der Waals surface area contributed by atoms with Gasteiger partial charge in [0.05, 0.1) is 13.2 Å². The van der Waals surface area contributed by atoms with Crippen LogP contribution in [0.3, 0.4) is 0 Å². The van der Waals surface area contributed by atoms with Crippen LogP contribution < -0.4 is 10.1 Å². The first-order valence-corrected chi connectivity index (χ1v) is 10.2. The van der Waals surface area contributed by atoms with Crippen molar-refractivity contribution in [2.75, 3.05) is 26.7 Å². The largest absolute Gasteiger partial charge is 0.496 e. The highest BCUT2D eigenvalue weighted by Gasteiger charge is 2.31. The second-order valence-electron chi connectivity index (χ2n) is 6.81. The molecule has 0 radical (unpaired) electrons. The van der Waals surface area contributed by atoms with Crippen LogP contribution >= 0.6 is 23.7 Å². The molecule has 4 rings (SSSR count). The molecule has 0 saturated carbocycles. The quantitative estimate of drug-likeness (QED) is 0.670. The van der Waals surface area contributed by atoms with Crippen LogP contribution in [0.15, 0.2) is 53.9 Å². The van der Waals surface area contributed by atoms with Crippen molar-refractivity contribution in [1.82, 2.24) is 15.2 Å². The molecule has 0 aliphatic carbocycles. The highest BCUT2D eigenvalue weighted by molar-refractivity contribution is 7.13. The third-order valence-corrected chi connectivity index (χ3v) is 5.98. The van der Waals surface area contributed by atoms with Crippen LogP contribution in [0.2, 0.25) is 0 Å². The van der Waals surface area contributed by atoms with Gasteiger partial charge in [-0.05, 0) is 18.6 Å². The van der Waals surface area contributed by atoms with Gasteiger partial charge in [0.1, 0.15) is 16.5 Å². The van der Waals surface area contributed by atoms with E-state index in [0.29, 0.717) is 18.8 Å². The molecule has 1 aliphatic heterocycles. The van der Waals surface area contributed by atoms with Gasteiger partial charge in [0.25, 0.3) is 5.91 Å². The first kappa shape index (κ1) is 21.3. The van der Waals surface area contributed by atoms with E-state index in [1.54, 1.807) is 7.11 Å².